The van der Waals surface area contributed by atoms with E-state index in [1.54, 1.807) is 21.8 Å². The number of aromatic nitrogens is 3. The second-order valence-electron chi connectivity index (χ2n) is 8.20. The number of phenolic OH excluding ortho intramolecular Hbond substituents is 1. The number of alkyl halides is 1. The van der Waals surface area contributed by atoms with Crippen molar-refractivity contribution in [3.05, 3.63) is 29.5 Å². The first-order chi connectivity index (χ1) is 14.4. The first-order valence-corrected chi connectivity index (χ1v) is 10.8. The van der Waals surface area contributed by atoms with Crippen molar-refractivity contribution in [2.75, 3.05) is 13.1 Å². The zero-order chi connectivity index (χ0) is 21.0. The molecule has 3 aromatic rings. The lowest BCUT2D eigenvalue weighted by molar-refractivity contribution is -0.130. The maximum absolute atomic E-state index is 14.4. The number of fused-ring (bicyclic) bond motifs is 1. The predicted octanol–water partition coefficient (Wildman–Crippen LogP) is 3.86. The van der Waals surface area contributed by atoms with Crippen molar-refractivity contribution in [3.8, 4) is 11.4 Å². The Hall–Kier alpha value is -2.81. The van der Waals surface area contributed by atoms with E-state index in [1.807, 2.05) is 19.9 Å². The van der Waals surface area contributed by atoms with E-state index >= 15 is 0 Å². The number of nitrogens with zero attached hydrogens (tertiary/aromatic N) is 5. The van der Waals surface area contributed by atoms with Crippen molar-refractivity contribution in [1.82, 2.24) is 19.7 Å². The fourth-order valence-electron chi connectivity index (χ4n) is 3.88. The number of phenols is 1. The lowest BCUT2D eigenvalue weighted by Gasteiger charge is -2.13. The van der Waals surface area contributed by atoms with Crippen molar-refractivity contribution >= 4 is 38.4 Å². The Morgan fingerprint density at radius 3 is 2.87 bits per heavy atom. The van der Waals surface area contributed by atoms with E-state index in [2.05, 4.69) is 15.1 Å². The summed E-state index contributed by atoms with van der Waals surface area (Å²) in [7, 11) is 0. The quantitative estimate of drug-likeness (QED) is 0.685. The van der Waals surface area contributed by atoms with Crippen molar-refractivity contribution < 1.29 is 14.3 Å². The summed E-state index contributed by atoms with van der Waals surface area (Å²) in [5, 5.41) is 15.2. The van der Waals surface area contributed by atoms with E-state index in [1.165, 1.54) is 11.3 Å². The molecule has 2 aliphatic rings. The van der Waals surface area contributed by atoms with Gasteiger partial charge in [-0.25, -0.2) is 14.1 Å². The highest BCUT2D eigenvalue weighted by Crippen LogP contribution is 2.34. The summed E-state index contributed by atoms with van der Waals surface area (Å²) >= 11 is 1.31. The molecule has 156 valence electrons. The number of aromatic hydroxyl groups is 1. The fourth-order valence-corrected chi connectivity index (χ4v) is 4.70. The monoisotopic (exact) mass is 427 g/mol. The van der Waals surface area contributed by atoms with Crippen LogP contribution in [0.5, 0.6) is 5.75 Å². The smallest absolute Gasteiger partial charge is 0.223 e. The number of carbonyl (C=O) groups excluding carboxylic acids is 1. The van der Waals surface area contributed by atoms with E-state index in [4.69, 9.17) is 0 Å². The molecule has 9 heteroatoms. The first kappa shape index (κ1) is 19.2. The molecule has 1 N–H and O–H groups in total. The summed E-state index contributed by atoms with van der Waals surface area (Å²) in [5.74, 6) is 0.653. The van der Waals surface area contributed by atoms with Crippen LogP contribution in [0.25, 0.3) is 16.0 Å². The number of aliphatic imine (C=N–C) groups is 1. The third-order valence-electron chi connectivity index (χ3n) is 5.57. The van der Waals surface area contributed by atoms with Gasteiger partial charge in [0.1, 0.15) is 11.4 Å². The van der Waals surface area contributed by atoms with Gasteiger partial charge in [-0.2, -0.15) is 4.98 Å². The molecule has 2 aromatic heterocycles. The number of halogens is 1. The molecule has 1 saturated carbocycles. The highest BCUT2D eigenvalue weighted by atomic mass is 32.1. The molecule has 1 aromatic carbocycles. The number of hydrogen-bond acceptors (Lipinski definition) is 6. The summed E-state index contributed by atoms with van der Waals surface area (Å²) in [6.07, 6.45) is 3.25. The lowest BCUT2D eigenvalue weighted by Crippen LogP contribution is -2.29. The van der Waals surface area contributed by atoms with Gasteiger partial charge < -0.3 is 10.0 Å². The van der Waals surface area contributed by atoms with Crippen LogP contribution in [-0.4, -0.2) is 55.7 Å². The normalized spacial score (nSPS) is 20.6. The zero-order valence-electron chi connectivity index (χ0n) is 16.8. The molecule has 0 radical (unpaired) electrons. The SMILES string of the molecule is Cc1cc(C)c(-n2cc3sc(/N=C4/CN(C(=O)CC5CC5)C[C@@H]4F)nc3n2)c(O)c1. The molecule has 0 unspecified atom stereocenters. The zero-order valence-corrected chi connectivity index (χ0v) is 17.6. The van der Waals surface area contributed by atoms with Crippen LogP contribution >= 0.6 is 11.3 Å². The Bertz CT molecular complexity index is 1120. The van der Waals surface area contributed by atoms with E-state index in [9.17, 15) is 14.3 Å². The molecule has 1 aliphatic heterocycles. The highest BCUT2D eigenvalue weighted by Gasteiger charge is 2.34. The maximum atomic E-state index is 14.4. The van der Waals surface area contributed by atoms with Gasteiger partial charge in [0.25, 0.3) is 0 Å². The minimum atomic E-state index is -1.25. The van der Waals surface area contributed by atoms with Crippen LogP contribution in [0.15, 0.2) is 23.3 Å². The van der Waals surface area contributed by atoms with Crippen LogP contribution in [-0.2, 0) is 4.79 Å². The van der Waals surface area contributed by atoms with Crippen molar-refractivity contribution in [2.45, 2.75) is 39.3 Å². The second-order valence-corrected chi connectivity index (χ2v) is 9.21. The van der Waals surface area contributed by atoms with Crippen LogP contribution in [0.3, 0.4) is 0 Å². The summed E-state index contributed by atoms with van der Waals surface area (Å²) < 4.78 is 16.8. The van der Waals surface area contributed by atoms with Crippen LogP contribution < -0.4 is 0 Å². The highest BCUT2D eigenvalue weighted by molar-refractivity contribution is 7.21. The molecular formula is C21H22FN5O2S. The number of thiazole rings is 1. The Balaban J connectivity index is 1.37. The standard InChI is InChI=1S/C21H22FN5O2S/c1-11-5-12(2)19(16(28)6-11)27-10-17-20(25-27)24-21(30-17)23-15-9-26(8-14(15)22)18(29)7-13-3-4-13/h5-6,10,13-14,28H,3-4,7-9H2,1-2H3/b23-15-/t14-/m0/s1. The number of likely N-dealkylation sites (tertiary alicyclic amines) is 1. The molecule has 0 spiro atoms. The van der Waals surface area contributed by atoms with Crippen molar-refractivity contribution in [1.29, 1.82) is 0 Å². The molecule has 1 atom stereocenters. The average molecular weight is 428 g/mol. The van der Waals surface area contributed by atoms with Gasteiger partial charge in [0, 0.05) is 6.42 Å². The summed E-state index contributed by atoms with van der Waals surface area (Å²) in [6.45, 7) is 4.14. The minimum absolute atomic E-state index is 0.0132. The second kappa shape index (κ2) is 7.16. The molecular weight excluding hydrogens is 405 g/mol. The van der Waals surface area contributed by atoms with Gasteiger partial charge in [0.05, 0.1) is 29.7 Å². The molecule has 3 heterocycles. The van der Waals surface area contributed by atoms with E-state index < -0.39 is 6.17 Å². The van der Waals surface area contributed by atoms with Crippen LogP contribution in [0, 0.1) is 19.8 Å². The summed E-state index contributed by atoms with van der Waals surface area (Å²) in [6, 6.07) is 3.67. The van der Waals surface area contributed by atoms with Crippen LogP contribution in [0.1, 0.15) is 30.4 Å². The van der Waals surface area contributed by atoms with Gasteiger partial charge in [-0.1, -0.05) is 17.4 Å². The van der Waals surface area contributed by atoms with Gasteiger partial charge in [-0.3, -0.25) is 4.79 Å². The molecule has 7 nitrogen and oxygen atoms in total. The minimum Gasteiger partial charge on any atom is -0.506 e. The Morgan fingerprint density at radius 2 is 2.17 bits per heavy atom. The molecule has 0 bridgehead atoms. The Morgan fingerprint density at radius 1 is 1.37 bits per heavy atom. The average Bonchev–Trinajstić information content (AvgIpc) is 3.10. The van der Waals surface area contributed by atoms with E-state index in [0.29, 0.717) is 34.5 Å². The molecule has 2 fully saturated rings. The number of amides is 1. The first-order valence-electron chi connectivity index (χ1n) is 10.0. The van der Waals surface area contributed by atoms with Crippen LogP contribution in [0.2, 0.25) is 0 Å². The fraction of sp³-hybridized carbons (Fsp3) is 0.429. The number of hydrogen-bond donors (Lipinski definition) is 1. The molecule has 1 saturated heterocycles. The molecule has 1 aliphatic carbocycles. The van der Waals surface area contributed by atoms with Gasteiger partial charge in [-0.05, 0) is 49.8 Å². The summed E-state index contributed by atoms with van der Waals surface area (Å²) in [5.41, 5.74) is 3.33. The van der Waals surface area contributed by atoms with Gasteiger partial charge >= 0.3 is 0 Å². The topological polar surface area (TPSA) is 83.6 Å². The Labute approximate surface area is 176 Å². The molecule has 1 amide bonds. The van der Waals surface area contributed by atoms with E-state index in [-0.39, 0.29) is 24.7 Å². The lowest BCUT2D eigenvalue weighted by atomic mass is 10.1. The van der Waals surface area contributed by atoms with Crippen LogP contribution in [0.4, 0.5) is 9.52 Å². The van der Waals surface area contributed by atoms with Gasteiger partial charge in [0.2, 0.25) is 11.0 Å². The van der Waals surface area contributed by atoms with Crippen molar-refractivity contribution in [2.24, 2.45) is 10.9 Å². The van der Waals surface area contributed by atoms with Gasteiger partial charge in [0.15, 0.2) is 11.8 Å². The molecule has 5 rings (SSSR count). The third kappa shape index (κ3) is 3.58. The number of carbonyl (C=O) groups is 1. The van der Waals surface area contributed by atoms with E-state index in [0.717, 1.165) is 28.7 Å². The third-order valence-corrected chi connectivity index (χ3v) is 6.44. The van der Waals surface area contributed by atoms with Crippen molar-refractivity contribution in [3.63, 3.8) is 0 Å². The van der Waals surface area contributed by atoms with Gasteiger partial charge in [-0.15, -0.1) is 5.10 Å². The predicted molar refractivity (Wildman–Crippen MR) is 114 cm³/mol. The number of benzene rings is 1. The Kier molecular flexibility index (Phi) is 4.57. The largest absolute Gasteiger partial charge is 0.506 e. The maximum Gasteiger partial charge on any atom is 0.223 e. The molecule has 30 heavy (non-hydrogen) atoms. The number of aryl methyl sites for hydroxylation is 2. The number of rotatable bonds is 4. The summed E-state index contributed by atoms with van der Waals surface area (Å²) in [4.78, 5) is 22.6.